The van der Waals surface area contributed by atoms with Crippen molar-refractivity contribution in [3.63, 3.8) is 0 Å². The molecule has 0 bridgehead atoms. The van der Waals surface area contributed by atoms with E-state index < -0.39 is 0 Å². The number of alkyl halides is 1. The van der Waals surface area contributed by atoms with Gasteiger partial charge in [-0.05, 0) is 35.1 Å². The van der Waals surface area contributed by atoms with E-state index in [-0.39, 0.29) is 36.9 Å². The number of fused-ring (bicyclic) bond motifs is 1. The Kier molecular flexibility index (Phi) is 7.39. The minimum Gasteiger partial charge on any atom is -0.454 e. The van der Waals surface area contributed by atoms with Gasteiger partial charge in [0.2, 0.25) is 18.6 Å². The molecule has 29 heavy (non-hydrogen) atoms. The SMILES string of the molecule is CC(C)CN(CC(=O)N(Cc1ccc2c(c1)OCO2)Cc1cccs1)C(=O)CCl. The molecule has 0 saturated heterocycles. The van der Waals surface area contributed by atoms with Gasteiger partial charge in [0.1, 0.15) is 5.88 Å². The standard InChI is InChI=1S/C21H25ClN2O4S/c1-15(2)10-23(20(25)9-22)13-21(26)24(12-17-4-3-7-29-17)11-16-5-6-18-19(8-16)28-14-27-18/h3-8,15H,9-14H2,1-2H3. The van der Waals surface area contributed by atoms with E-state index in [1.54, 1.807) is 21.1 Å². The highest BCUT2D eigenvalue weighted by molar-refractivity contribution is 7.09. The Morgan fingerprint density at radius 2 is 1.90 bits per heavy atom. The predicted octanol–water partition coefficient (Wildman–Crippen LogP) is 3.73. The molecule has 156 valence electrons. The zero-order valence-electron chi connectivity index (χ0n) is 16.6. The maximum absolute atomic E-state index is 13.2. The van der Waals surface area contributed by atoms with E-state index in [1.807, 2.05) is 49.6 Å². The van der Waals surface area contributed by atoms with E-state index in [2.05, 4.69) is 0 Å². The second-order valence-corrected chi connectivity index (χ2v) is 8.62. The summed E-state index contributed by atoms with van der Waals surface area (Å²) in [6.45, 7) is 5.63. The molecule has 0 N–H and O–H groups in total. The molecule has 0 fully saturated rings. The number of amides is 2. The average molecular weight is 437 g/mol. The fourth-order valence-corrected chi connectivity index (χ4v) is 4.01. The van der Waals surface area contributed by atoms with Gasteiger partial charge in [0, 0.05) is 18.0 Å². The molecule has 0 unspecified atom stereocenters. The van der Waals surface area contributed by atoms with Crippen molar-refractivity contribution in [3.05, 3.63) is 46.2 Å². The summed E-state index contributed by atoms with van der Waals surface area (Å²) in [7, 11) is 0. The summed E-state index contributed by atoms with van der Waals surface area (Å²) < 4.78 is 10.8. The molecule has 1 aromatic heterocycles. The highest BCUT2D eigenvalue weighted by Crippen LogP contribution is 2.33. The summed E-state index contributed by atoms with van der Waals surface area (Å²) in [4.78, 5) is 29.7. The van der Waals surface area contributed by atoms with Gasteiger partial charge in [-0.2, -0.15) is 0 Å². The van der Waals surface area contributed by atoms with Gasteiger partial charge >= 0.3 is 0 Å². The molecule has 6 nitrogen and oxygen atoms in total. The monoisotopic (exact) mass is 436 g/mol. The van der Waals surface area contributed by atoms with E-state index in [0.717, 1.165) is 10.4 Å². The summed E-state index contributed by atoms with van der Waals surface area (Å²) >= 11 is 7.35. The first-order valence-electron chi connectivity index (χ1n) is 9.48. The van der Waals surface area contributed by atoms with Crippen LogP contribution in [0.1, 0.15) is 24.3 Å². The lowest BCUT2D eigenvalue weighted by molar-refractivity contribution is -0.140. The molecule has 0 atom stereocenters. The molecule has 2 amide bonds. The van der Waals surface area contributed by atoms with Crippen LogP contribution >= 0.6 is 22.9 Å². The van der Waals surface area contributed by atoms with E-state index in [1.165, 1.54) is 0 Å². The van der Waals surface area contributed by atoms with E-state index in [0.29, 0.717) is 31.1 Å². The highest BCUT2D eigenvalue weighted by atomic mass is 35.5. The van der Waals surface area contributed by atoms with Crippen molar-refractivity contribution in [1.82, 2.24) is 9.80 Å². The zero-order valence-corrected chi connectivity index (χ0v) is 18.2. The van der Waals surface area contributed by atoms with Gasteiger partial charge in [0.25, 0.3) is 0 Å². The van der Waals surface area contributed by atoms with Crippen molar-refractivity contribution in [3.8, 4) is 11.5 Å². The number of halogens is 1. The molecule has 0 radical (unpaired) electrons. The Hall–Kier alpha value is -2.25. The number of thiophene rings is 1. The van der Waals surface area contributed by atoms with Crippen LogP contribution in [0, 0.1) is 5.92 Å². The van der Waals surface area contributed by atoms with Gasteiger partial charge < -0.3 is 19.3 Å². The van der Waals surface area contributed by atoms with E-state index >= 15 is 0 Å². The summed E-state index contributed by atoms with van der Waals surface area (Å²) in [6.07, 6.45) is 0. The van der Waals surface area contributed by atoms with Crippen LogP contribution in [-0.4, -0.2) is 47.4 Å². The van der Waals surface area contributed by atoms with Gasteiger partial charge in [0.15, 0.2) is 11.5 Å². The lowest BCUT2D eigenvalue weighted by Gasteiger charge is -2.28. The van der Waals surface area contributed by atoms with Gasteiger partial charge in [-0.15, -0.1) is 22.9 Å². The molecule has 3 rings (SSSR count). The Morgan fingerprint density at radius 1 is 1.10 bits per heavy atom. The molecular formula is C21H25ClN2O4S. The third-order valence-electron chi connectivity index (χ3n) is 4.47. The van der Waals surface area contributed by atoms with Crippen LogP contribution in [-0.2, 0) is 22.7 Å². The topological polar surface area (TPSA) is 59.1 Å². The number of carbonyl (C=O) groups is 2. The first-order chi connectivity index (χ1) is 14.0. The van der Waals surface area contributed by atoms with Crippen LogP contribution in [0.2, 0.25) is 0 Å². The molecule has 2 aromatic rings. The minimum absolute atomic E-state index is 0.0136. The Bertz CT molecular complexity index is 841. The van der Waals surface area contributed by atoms with Crippen LogP contribution in [0.3, 0.4) is 0 Å². The summed E-state index contributed by atoms with van der Waals surface area (Å²) in [6, 6.07) is 9.64. The van der Waals surface area contributed by atoms with E-state index in [9.17, 15) is 9.59 Å². The van der Waals surface area contributed by atoms with Crippen molar-refractivity contribution in [2.24, 2.45) is 5.92 Å². The van der Waals surface area contributed by atoms with Crippen LogP contribution in [0.4, 0.5) is 0 Å². The third kappa shape index (κ3) is 5.87. The smallest absolute Gasteiger partial charge is 0.242 e. The fourth-order valence-electron chi connectivity index (χ4n) is 3.13. The van der Waals surface area contributed by atoms with Gasteiger partial charge in [-0.1, -0.05) is 26.0 Å². The van der Waals surface area contributed by atoms with Crippen molar-refractivity contribution in [2.45, 2.75) is 26.9 Å². The van der Waals surface area contributed by atoms with Crippen molar-refractivity contribution < 1.29 is 19.1 Å². The average Bonchev–Trinajstić information content (AvgIpc) is 3.37. The number of benzene rings is 1. The zero-order chi connectivity index (χ0) is 20.8. The first kappa shape index (κ1) is 21.5. The lowest BCUT2D eigenvalue weighted by atomic mass is 10.1. The van der Waals surface area contributed by atoms with Crippen molar-refractivity contribution in [1.29, 1.82) is 0 Å². The molecule has 2 heterocycles. The summed E-state index contributed by atoms with van der Waals surface area (Å²) in [5.41, 5.74) is 0.943. The molecule has 0 saturated carbocycles. The van der Waals surface area contributed by atoms with Crippen LogP contribution in [0.25, 0.3) is 0 Å². The van der Waals surface area contributed by atoms with Crippen LogP contribution < -0.4 is 9.47 Å². The second-order valence-electron chi connectivity index (χ2n) is 7.32. The van der Waals surface area contributed by atoms with Gasteiger partial charge in [0.05, 0.1) is 13.1 Å². The highest BCUT2D eigenvalue weighted by Gasteiger charge is 2.23. The van der Waals surface area contributed by atoms with Crippen molar-refractivity contribution in [2.75, 3.05) is 25.8 Å². The molecule has 1 aliphatic rings. The van der Waals surface area contributed by atoms with Crippen LogP contribution in [0.5, 0.6) is 11.5 Å². The normalized spacial score (nSPS) is 12.3. The second kappa shape index (κ2) is 9.98. The predicted molar refractivity (Wildman–Crippen MR) is 113 cm³/mol. The molecule has 8 heteroatoms. The van der Waals surface area contributed by atoms with Gasteiger partial charge in [-0.3, -0.25) is 9.59 Å². The Balaban J connectivity index is 1.76. The molecule has 0 spiro atoms. The number of rotatable bonds is 9. The molecular weight excluding hydrogens is 412 g/mol. The maximum atomic E-state index is 13.2. The number of carbonyl (C=O) groups excluding carboxylic acids is 2. The number of ether oxygens (including phenoxy) is 2. The minimum atomic E-state index is -0.229. The summed E-state index contributed by atoms with van der Waals surface area (Å²) in [5, 5.41) is 1.99. The number of nitrogens with zero attached hydrogens (tertiary/aromatic N) is 2. The Morgan fingerprint density at radius 3 is 2.59 bits per heavy atom. The van der Waals surface area contributed by atoms with E-state index in [4.69, 9.17) is 21.1 Å². The summed E-state index contributed by atoms with van der Waals surface area (Å²) in [5.74, 6) is 1.16. The quantitative estimate of drug-likeness (QED) is 0.562. The molecule has 0 aliphatic carbocycles. The number of hydrogen-bond acceptors (Lipinski definition) is 5. The molecule has 1 aromatic carbocycles. The fraction of sp³-hybridized carbons (Fsp3) is 0.429. The molecule has 1 aliphatic heterocycles. The van der Waals surface area contributed by atoms with Crippen molar-refractivity contribution >= 4 is 34.8 Å². The largest absolute Gasteiger partial charge is 0.454 e. The van der Waals surface area contributed by atoms with Gasteiger partial charge in [-0.25, -0.2) is 0 Å². The van der Waals surface area contributed by atoms with Crippen LogP contribution in [0.15, 0.2) is 35.7 Å². The number of hydrogen-bond donors (Lipinski definition) is 0. The Labute approximate surface area is 180 Å². The third-order valence-corrected chi connectivity index (χ3v) is 5.56. The lowest BCUT2D eigenvalue weighted by Crippen LogP contribution is -2.44. The first-order valence-corrected chi connectivity index (χ1v) is 10.9. The maximum Gasteiger partial charge on any atom is 0.242 e.